The highest BCUT2D eigenvalue weighted by Crippen LogP contribution is 2.36. The summed E-state index contributed by atoms with van der Waals surface area (Å²) >= 11 is 6.04. The number of hydrogen-bond donors (Lipinski definition) is 0. The molecule has 144 valence electrons. The predicted octanol–water partition coefficient (Wildman–Crippen LogP) is 4.73. The summed E-state index contributed by atoms with van der Waals surface area (Å²) in [7, 11) is 0. The first-order valence-electron chi connectivity index (χ1n) is 9.68. The minimum absolute atomic E-state index is 0.234. The molecule has 0 aromatic heterocycles. The molecular weight excluding hydrogens is 372 g/mol. The summed E-state index contributed by atoms with van der Waals surface area (Å²) in [6.07, 6.45) is 3.22. The summed E-state index contributed by atoms with van der Waals surface area (Å²) in [6.45, 7) is 5.54. The van der Waals surface area contributed by atoms with Crippen molar-refractivity contribution >= 4 is 34.7 Å². The van der Waals surface area contributed by atoms with E-state index in [2.05, 4.69) is 4.90 Å². The van der Waals surface area contributed by atoms with Gasteiger partial charge in [-0.1, -0.05) is 29.8 Å². The molecule has 2 aromatic carbocycles. The Hall–Kier alpha value is -2.59. The van der Waals surface area contributed by atoms with Crippen molar-refractivity contribution in [1.29, 1.82) is 0 Å². The lowest BCUT2D eigenvalue weighted by Gasteiger charge is -2.29. The first-order valence-corrected chi connectivity index (χ1v) is 10.1. The van der Waals surface area contributed by atoms with Gasteiger partial charge in [0.15, 0.2) is 0 Å². The standard InChI is InChI=1S/C23H23ClN2O2/c1-15-12-16(2)14-19(13-15)26-22(27)20(17-6-8-18(24)9-7-17)21(23(26)28)25-10-4-3-5-11-25/h6-9,12-14H,3-5,10-11H2,1-2H3. The van der Waals surface area contributed by atoms with Crippen LogP contribution in [0.5, 0.6) is 0 Å². The first kappa shape index (κ1) is 18.8. The number of benzene rings is 2. The fraction of sp³-hybridized carbons (Fsp3) is 0.304. The molecule has 0 spiro atoms. The molecule has 5 heteroatoms. The van der Waals surface area contributed by atoms with E-state index in [1.165, 1.54) is 4.90 Å². The van der Waals surface area contributed by atoms with Gasteiger partial charge in [-0.25, -0.2) is 4.90 Å². The third-order valence-electron chi connectivity index (χ3n) is 5.33. The second-order valence-electron chi connectivity index (χ2n) is 7.57. The number of amides is 2. The fourth-order valence-corrected chi connectivity index (χ4v) is 4.25. The minimum Gasteiger partial charge on any atom is -0.366 e. The maximum Gasteiger partial charge on any atom is 0.282 e. The van der Waals surface area contributed by atoms with E-state index in [9.17, 15) is 9.59 Å². The Morgan fingerprint density at radius 1 is 0.821 bits per heavy atom. The van der Waals surface area contributed by atoms with Gasteiger partial charge < -0.3 is 4.90 Å². The lowest BCUT2D eigenvalue weighted by Crippen LogP contribution is -2.37. The first-order chi connectivity index (χ1) is 13.5. The average molecular weight is 395 g/mol. The smallest absolute Gasteiger partial charge is 0.282 e. The molecule has 0 N–H and O–H groups in total. The third kappa shape index (κ3) is 3.33. The highest BCUT2D eigenvalue weighted by Gasteiger charge is 2.42. The van der Waals surface area contributed by atoms with Gasteiger partial charge in [-0.05, 0) is 74.1 Å². The number of hydrogen-bond acceptors (Lipinski definition) is 3. The van der Waals surface area contributed by atoms with Crippen molar-refractivity contribution in [3.8, 4) is 0 Å². The summed E-state index contributed by atoms with van der Waals surface area (Å²) in [5, 5.41) is 0.604. The van der Waals surface area contributed by atoms with E-state index in [0.29, 0.717) is 22.0 Å². The Morgan fingerprint density at radius 3 is 2.04 bits per heavy atom. The van der Waals surface area contributed by atoms with Gasteiger partial charge >= 0.3 is 0 Å². The van der Waals surface area contributed by atoms with Crippen LogP contribution in [0.2, 0.25) is 5.02 Å². The molecule has 1 fully saturated rings. The van der Waals surface area contributed by atoms with E-state index in [4.69, 9.17) is 11.6 Å². The minimum atomic E-state index is -0.266. The van der Waals surface area contributed by atoms with Crippen molar-refractivity contribution < 1.29 is 9.59 Å². The summed E-state index contributed by atoms with van der Waals surface area (Å²) in [5.41, 5.74) is 4.40. The van der Waals surface area contributed by atoms with Gasteiger partial charge in [0.25, 0.3) is 11.8 Å². The number of aryl methyl sites for hydroxylation is 2. The van der Waals surface area contributed by atoms with Gasteiger partial charge in [0, 0.05) is 18.1 Å². The molecule has 0 unspecified atom stereocenters. The van der Waals surface area contributed by atoms with Crippen LogP contribution in [0.3, 0.4) is 0 Å². The van der Waals surface area contributed by atoms with Crippen LogP contribution >= 0.6 is 11.6 Å². The molecule has 0 saturated carbocycles. The molecule has 1 saturated heterocycles. The van der Waals surface area contributed by atoms with Crippen molar-refractivity contribution in [1.82, 2.24) is 4.90 Å². The van der Waals surface area contributed by atoms with Crippen molar-refractivity contribution in [2.45, 2.75) is 33.1 Å². The van der Waals surface area contributed by atoms with Crippen LogP contribution in [-0.4, -0.2) is 29.8 Å². The molecule has 2 aromatic rings. The molecule has 0 radical (unpaired) electrons. The molecule has 4 rings (SSSR count). The summed E-state index contributed by atoms with van der Waals surface area (Å²) < 4.78 is 0. The maximum absolute atomic E-state index is 13.5. The number of anilines is 1. The lowest BCUT2D eigenvalue weighted by atomic mass is 10.0. The molecule has 0 aliphatic carbocycles. The molecule has 4 nitrogen and oxygen atoms in total. The van der Waals surface area contributed by atoms with Crippen molar-refractivity contribution in [2.24, 2.45) is 0 Å². The van der Waals surface area contributed by atoms with Gasteiger partial charge in [0.2, 0.25) is 0 Å². The second kappa shape index (κ2) is 7.44. The summed E-state index contributed by atoms with van der Waals surface area (Å²) in [6, 6.07) is 13.0. The van der Waals surface area contributed by atoms with Crippen LogP contribution in [0.15, 0.2) is 48.2 Å². The van der Waals surface area contributed by atoms with Gasteiger partial charge in [0.1, 0.15) is 5.70 Å². The Bertz CT molecular complexity index is 952. The van der Waals surface area contributed by atoms with Gasteiger partial charge in [-0.3, -0.25) is 9.59 Å². The van der Waals surface area contributed by atoms with Gasteiger partial charge in [0.05, 0.1) is 11.3 Å². The Balaban J connectivity index is 1.84. The topological polar surface area (TPSA) is 40.6 Å². The quantitative estimate of drug-likeness (QED) is 0.707. The number of carbonyl (C=O) groups is 2. The van der Waals surface area contributed by atoms with Crippen LogP contribution in [0, 0.1) is 13.8 Å². The van der Waals surface area contributed by atoms with Crippen molar-refractivity contribution in [3.63, 3.8) is 0 Å². The number of likely N-dealkylation sites (tertiary alicyclic amines) is 1. The molecule has 2 aliphatic rings. The van der Waals surface area contributed by atoms with E-state index in [-0.39, 0.29) is 11.8 Å². The fourth-order valence-electron chi connectivity index (χ4n) is 4.12. The maximum atomic E-state index is 13.5. The molecule has 2 heterocycles. The molecule has 28 heavy (non-hydrogen) atoms. The Morgan fingerprint density at radius 2 is 1.43 bits per heavy atom. The van der Waals surface area contributed by atoms with Gasteiger partial charge in [-0.15, -0.1) is 0 Å². The van der Waals surface area contributed by atoms with Gasteiger partial charge in [-0.2, -0.15) is 0 Å². The van der Waals surface area contributed by atoms with Crippen LogP contribution in [0.4, 0.5) is 5.69 Å². The number of piperidine rings is 1. The molecule has 0 atom stereocenters. The van der Waals surface area contributed by atoms with Crippen LogP contribution in [0.25, 0.3) is 5.57 Å². The number of nitrogens with zero attached hydrogens (tertiary/aromatic N) is 2. The highest BCUT2D eigenvalue weighted by atomic mass is 35.5. The van der Waals surface area contributed by atoms with E-state index < -0.39 is 0 Å². The SMILES string of the molecule is Cc1cc(C)cc(N2C(=O)C(c3ccc(Cl)cc3)=C(N3CCCCC3)C2=O)c1. The zero-order valence-corrected chi connectivity index (χ0v) is 16.9. The largest absolute Gasteiger partial charge is 0.366 e. The Labute approximate surface area is 170 Å². The monoisotopic (exact) mass is 394 g/mol. The van der Waals surface area contributed by atoms with E-state index in [1.807, 2.05) is 44.2 Å². The van der Waals surface area contributed by atoms with E-state index >= 15 is 0 Å². The summed E-state index contributed by atoms with van der Waals surface area (Å²) in [5.74, 6) is -0.500. The van der Waals surface area contributed by atoms with Crippen molar-refractivity contribution in [2.75, 3.05) is 18.0 Å². The van der Waals surface area contributed by atoms with E-state index in [1.54, 1.807) is 12.1 Å². The van der Waals surface area contributed by atoms with Crippen molar-refractivity contribution in [3.05, 3.63) is 69.9 Å². The Kier molecular flexibility index (Phi) is 4.98. The zero-order valence-electron chi connectivity index (χ0n) is 16.2. The second-order valence-corrected chi connectivity index (χ2v) is 8.01. The van der Waals surface area contributed by atoms with Crippen LogP contribution < -0.4 is 4.90 Å². The van der Waals surface area contributed by atoms with Crippen LogP contribution in [-0.2, 0) is 9.59 Å². The summed E-state index contributed by atoms with van der Waals surface area (Å²) in [4.78, 5) is 30.3. The number of imide groups is 1. The number of rotatable bonds is 3. The predicted molar refractivity (Wildman–Crippen MR) is 112 cm³/mol. The number of halogens is 1. The third-order valence-corrected chi connectivity index (χ3v) is 5.58. The average Bonchev–Trinajstić information content (AvgIpc) is 2.93. The number of carbonyl (C=O) groups excluding carboxylic acids is 2. The lowest BCUT2D eigenvalue weighted by molar-refractivity contribution is -0.120. The van der Waals surface area contributed by atoms with Crippen LogP contribution in [0.1, 0.15) is 36.0 Å². The molecule has 2 amide bonds. The highest BCUT2D eigenvalue weighted by molar-refractivity contribution is 6.45. The molecule has 2 aliphatic heterocycles. The zero-order chi connectivity index (χ0) is 19.8. The molecular formula is C23H23ClN2O2. The van der Waals surface area contributed by atoms with E-state index in [0.717, 1.165) is 49.0 Å². The normalized spacial score (nSPS) is 17.7. The molecule has 0 bridgehead atoms.